The maximum atomic E-state index is 12.4. The summed E-state index contributed by atoms with van der Waals surface area (Å²) in [6, 6.07) is 7.04. The zero-order valence-electron chi connectivity index (χ0n) is 13.0. The summed E-state index contributed by atoms with van der Waals surface area (Å²) < 4.78 is 32.5. The second-order valence-corrected chi connectivity index (χ2v) is 7.15. The maximum absolute atomic E-state index is 12.4. The summed E-state index contributed by atoms with van der Waals surface area (Å²) in [5.41, 5.74) is 2.47. The number of hydrogen-bond donors (Lipinski definition) is 2. The molecule has 1 aromatic heterocycles. The minimum atomic E-state index is -3.59. The van der Waals surface area contributed by atoms with Crippen molar-refractivity contribution in [2.45, 2.75) is 38.2 Å². The average Bonchev–Trinajstić information content (AvgIpc) is 2.90. The minimum Gasteiger partial charge on any atom is -0.467 e. The Morgan fingerprint density at radius 2 is 1.86 bits per heavy atom. The van der Waals surface area contributed by atoms with Crippen LogP contribution in [0.3, 0.4) is 0 Å². The van der Waals surface area contributed by atoms with Crippen LogP contribution < -0.4 is 4.72 Å². The molecule has 6 heteroatoms. The van der Waals surface area contributed by atoms with E-state index < -0.39 is 16.1 Å². The van der Waals surface area contributed by atoms with Gasteiger partial charge in [-0.3, -0.25) is 0 Å². The molecule has 22 heavy (non-hydrogen) atoms. The Hall–Kier alpha value is -1.63. The summed E-state index contributed by atoms with van der Waals surface area (Å²) in [4.78, 5) is 0.311. The largest absolute Gasteiger partial charge is 0.467 e. The normalized spacial score (nSPS) is 13.3. The number of aryl methyl sites for hydroxylation is 3. The quantitative estimate of drug-likeness (QED) is 0.856. The Labute approximate surface area is 131 Å². The van der Waals surface area contributed by atoms with Crippen LogP contribution in [0.25, 0.3) is 0 Å². The number of furan rings is 1. The molecule has 0 saturated heterocycles. The molecule has 5 nitrogen and oxygen atoms in total. The summed E-state index contributed by atoms with van der Waals surface area (Å²) >= 11 is 0. The van der Waals surface area contributed by atoms with Crippen molar-refractivity contribution in [3.8, 4) is 0 Å². The van der Waals surface area contributed by atoms with E-state index in [1.165, 1.54) is 6.26 Å². The van der Waals surface area contributed by atoms with Crippen molar-refractivity contribution < 1.29 is 17.9 Å². The van der Waals surface area contributed by atoms with Gasteiger partial charge in [0.15, 0.2) is 0 Å². The zero-order chi connectivity index (χ0) is 16.3. The molecule has 0 bridgehead atoms. The maximum Gasteiger partial charge on any atom is 0.241 e. The van der Waals surface area contributed by atoms with Gasteiger partial charge in [-0.1, -0.05) is 17.7 Å². The van der Waals surface area contributed by atoms with E-state index in [0.717, 1.165) is 16.7 Å². The van der Waals surface area contributed by atoms with E-state index in [2.05, 4.69) is 4.72 Å². The molecule has 2 N–H and O–H groups in total. The first-order chi connectivity index (χ1) is 10.3. The molecule has 0 radical (unpaired) electrons. The molecule has 0 spiro atoms. The van der Waals surface area contributed by atoms with E-state index in [0.29, 0.717) is 10.7 Å². The lowest BCUT2D eigenvalue weighted by Gasteiger charge is -2.14. The third kappa shape index (κ3) is 3.76. The van der Waals surface area contributed by atoms with Gasteiger partial charge in [0, 0.05) is 6.54 Å². The van der Waals surface area contributed by atoms with Crippen LogP contribution in [0.4, 0.5) is 0 Å². The van der Waals surface area contributed by atoms with Crippen molar-refractivity contribution in [3.63, 3.8) is 0 Å². The van der Waals surface area contributed by atoms with E-state index in [1.54, 1.807) is 26.0 Å². The number of nitrogens with one attached hydrogen (secondary N) is 1. The molecule has 1 unspecified atom stereocenters. The van der Waals surface area contributed by atoms with E-state index in [4.69, 9.17) is 4.42 Å². The van der Waals surface area contributed by atoms with Crippen LogP contribution in [0.15, 0.2) is 39.8 Å². The first-order valence-corrected chi connectivity index (χ1v) is 8.58. The molecule has 1 aromatic carbocycles. The number of sulfonamides is 1. The highest BCUT2D eigenvalue weighted by Gasteiger charge is 2.20. The van der Waals surface area contributed by atoms with Crippen LogP contribution >= 0.6 is 0 Å². The molecular weight excluding hydrogens is 302 g/mol. The van der Waals surface area contributed by atoms with Crippen LogP contribution in [0.5, 0.6) is 0 Å². The predicted octanol–water partition coefficient (Wildman–Crippen LogP) is 2.61. The van der Waals surface area contributed by atoms with E-state index in [1.807, 2.05) is 19.1 Å². The van der Waals surface area contributed by atoms with Gasteiger partial charge in [-0.25, -0.2) is 13.1 Å². The van der Waals surface area contributed by atoms with E-state index in [9.17, 15) is 13.5 Å². The van der Waals surface area contributed by atoms with Crippen LogP contribution in [-0.4, -0.2) is 20.1 Å². The highest BCUT2D eigenvalue weighted by molar-refractivity contribution is 7.89. The van der Waals surface area contributed by atoms with E-state index >= 15 is 0 Å². The third-order valence-corrected chi connectivity index (χ3v) is 5.22. The smallest absolute Gasteiger partial charge is 0.241 e. The van der Waals surface area contributed by atoms with E-state index in [-0.39, 0.29) is 13.0 Å². The van der Waals surface area contributed by atoms with Crippen molar-refractivity contribution in [2.24, 2.45) is 0 Å². The van der Waals surface area contributed by atoms with Gasteiger partial charge in [0.1, 0.15) is 11.9 Å². The molecule has 0 fully saturated rings. The summed E-state index contributed by atoms with van der Waals surface area (Å²) in [5.74, 6) is 0.432. The predicted molar refractivity (Wildman–Crippen MR) is 84.1 cm³/mol. The number of hydrogen-bond acceptors (Lipinski definition) is 4. The summed E-state index contributed by atoms with van der Waals surface area (Å²) in [6.07, 6.45) is 0.899. The van der Waals surface area contributed by atoms with Crippen LogP contribution in [0, 0.1) is 20.8 Å². The fourth-order valence-electron chi connectivity index (χ4n) is 2.62. The fraction of sp³-hybridized carbons (Fsp3) is 0.375. The topological polar surface area (TPSA) is 79.5 Å². The summed E-state index contributed by atoms with van der Waals surface area (Å²) in [7, 11) is -3.59. The molecule has 0 aliphatic rings. The Morgan fingerprint density at radius 3 is 2.41 bits per heavy atom. The van der Waals surface area contributed by atoms with Crippen molar-refractivity contribution in [2.75, 3.05) is 6.54 Å². The Bertz CT molecular complexity index is 713. The van der Waals surface area contributed by atoms with Gasteiger partial charge in [0.25, 0.3) is 0 Å². The molecule has 1 atom stereocenters. The molecule has 1 heterocycles. The van der Waals surface area contributed by atoms with Gasteiger partial charge in [-0.2, -0.15) is 0 Å². The van der Waals surface area contributed by atoms with Crippen LogP contribution in [-0.2, 0) is 10.0 Å². The average molecular weight is 323 g/mol. The molecule has 2 aromatic rings. The number of rotatable bonds is 6. The number of aliphatic hydroxyl groups excluding tert-OH is 1. The highest BCUT2D eigenvalue weighted by Crippen LogP contribution is 2.22. The van der Waals surface area contributed by atoms with Crippen LogP contribution in [0.1, 0.15) is 35.0 Å². The van der Waals surface area contributed by atoms with Gasteiger partial charge < -0.3 is 9.52 Å². The SMILES string of the molecule is Cc1cc(C)c(S(=O)(=O)NCCC(O)c2ccco2)c(C)c1. The van der Waals surface area contributed by atoms with Gasteiger partial charge >= 0.3 is 0 Å². The van der Waals surface area contributed by atoms with Crippen molar-refractivity contribution in [3.05, 3.63) is 53.0 Å². The minimum absolute atomic E-state index is 0.136. The van der Waals surface area contributed by atoms with Gasteiger partial charge in [0.2, 0.25) is 10.0 Å². The summed E-state index contributed by atoms with van der Waals surface area (Å²) in [5, 5.41) is 9.89. The lowest BCUT2D eigenvalue weighted by Crippen LogP contribution is -2.27. The molecule has 0 amide bonds. The Morgan fingerprint density at radius 1 is 1.23 bits per heavy atom. The second kappa shape index (κ2) is 6.64. The Kier molecular flexibility index (Phi) is 5.05. The summed E-state index contributed by atoms with van der Waals surface area (Å²) in [6.45, 7) is 5.64. The van der Waals surface area contributed by atoms with Gasteiger partial charge in [-0.15, -0.1) is 0 Å². The lowest BCUT2D eigenvalue weighted by atomic mass is 10.1. The fourth-order valence-corrected chi connectivity index (χ4v) is 4.11. The second-order valence-electron chi connectivity index (χ2n) is 5.45. The third-order valence-electron chi connectivity index (χ3n) is 3.45. The first-order valence-electron chi connectivity index (χ1n) is 7.10. The Balaban J connectivity index is 2.06. The van der Waals surface area contributed by atoms with Crippen LogP contribution in [0.2, 0.25) is 0 Å². The molecular formula is C16H21NO4S. The standard InChI is InChI=1S/C16H21NO4S/c1-11-9-12(2)16(13(3)10-11)22(19,20)17-7-6-14(18)15-5-4-8-21-15/h4-5,8-10,14,17-18H,6-7H2,1-3H3. The molecule has 2 rings (SSSR count). The van der Waals surface area contributed by atoms with Crippen molar-refractivity contribution >= 4 is 10.0 Å². The molecule has 120 valence electrons. The number of aliphatic hydroxyl groups is 1. The highest BCUT2D eigenvalue weighted by atomic mass is 32.2. The zero-order valence-corrected chi connectivity index (χ0v) is 13.8. The van der Waals surface area contributed by atoms with Gasteiger partial charge in [0.05, 0.1) is 11.2 Å². The molecule has 0 aliphatic heterocycles. The van der Waals surface area contributed by atoms with Crippen molar-refractivity contribution in [1.29, 1.82) is 0 Å². The molecule has 0 saturated carbocycles. The first kappa shape index (κ1) is 16.7. The number of benzene rings is 1. The van der Waals surface area contributed by atoms with Gasteiger partial charge in [-0.05, 0) is 50.5 Å². The van der Waals surface area contributed by atoms with Crippen molar-refractivity contribution in [1.82, 2.24) is 4.72 Å². The monoisotopic (exact) mass is 323 g/mol. The molecule has 0 aliphatic carbocycles. The lowest BCUT2D eigenvalue weighted by molar-refractivity contribution is 0.142.